The van der Waals surface area contributed by atoms with Gasteiger partial charge in [0.1, 0.15) is 0 Å². The quantitative estimate of drug-likeness (QED) is 0.257. The van der Waals surface area contributed by atoms with Crippen molar-refractivity contribution in [3.05, 3.63) is 106 Å². The molecule has 0 bridgehead atoms. The topological polar surface area (TPSA) is 119 Å². The van der Waals surface area contributed by atoms with Gasteiger partial charge in [-0.2, -0.15) is 5.10 Å². The van der Waals surface area contributed by atoms with Crippen molar-refractivity contribution >= 4 is 23.2 Å². The Morgan fingerprint density at radius 2 is 1.59 bits per heavy atom. The lowest BCUT2D eigenvalue weighted by atomic mass is 10.1. The Balaban J connectivity index is 1.52. The molecule has 0 fully saturated rings. The Kier molecular flexibility index (Phi) is 7.73. The number of nitrogens with zero attached hydrogens (tertiary/aromatic N) is 3. The van der Waals surface area contributed by atoms with E-state index in [4.69, 9.17) is 0 Å². The predicted molar refractivity (Wildman–Crippen MR) is 141 cm³/mol. The molecule has 9 nitrogen and oxygen atoms in total. The molecule has 1 aromatic heterocycles. The van der Waals surface area contributed by atoms with E-state index in [2.05, 4.69) is 15.7 Å². The first-order chi connectivity index (χ1) is 17.8. The highest BCUT2D eigenvalue weighted by Gasteiger charge is 2.17. The number of rotatable bonds is 9. The molecule has 3 aromatic carbocycles. The van der Waals surface area contributed by atoms with Gasteiger partial charge in [-0.25, -0.2) is 4.68 Å². The van der Waals surface area contributed by atoms with Crippen LogP contribution >= 0.6 is 0 Å². The van der Waals surface area contributed by atoms with E-state index in [0.29, 0.717) is 22.5 Å². The van der Waals surface area contributed by atoms with Crippen molar-refractivity contribution in [3.63, 3.8) is 0 Å². The molecule has 0 atom stereocenters. The van der Waals surface area contributed by atoms with Gasteiger partial charge in [-0.3, -0.25) is 19.7 Å². The molecular weight excluding hydrogens is 470 g/mol. The van der Waals surface area contributed by atoms with Crippen molar-refractivity contribution in [2.24, 2.45) is 0 Å². The lowest BCUT2D eigenvalue weighted by molar-refractivity contribution is -0.384. The largest absolute Gasteiger partial charge is 0.354 e. The van der Waals surface area contributed by atoms with Gasteiger partial charge < -0.3 is 10.6 Å². The van der Waals surface area contributed by atoms with Crippen LogP contribution < -0.4 is 10.6 Å². The molecule has 1 heterocycles. The molecule has 4 aromatic rings. The third-order valence-corrected chi connectivity index (χ3v) is 5.57. The number of nitrogens with one attached hydrogen (secondary N) is 2. The minimum Gasteiger partial charge on any atom is -0.354 e. The van der Waals surface area contributed by atoms with Gasteiger partial charge in [0.15, 0.2) is 0 Å². The standard InChI is InChI=1S/C28H27N5O4/c1-19(2)29-26(34)16-20-8-12-23(13-9-20)30-27(35)17-22-18-32(24-6-4-3-5-7-24)31-28(22)21-10-14-25(15-11-21)33(36)37/h3-15,18-19H,16-17H2,1-2H3,(H,29,34)(H,30,35). The average Bonchev–Trinajstić information content (AvgIpc) is 3.29. The number of para-hydroxylation sites is 1. The predicted octanol–water partition coefficient (Wildman–Crippen LogP) is 4.70. The monoisotopic (exact) mass is 497 g/mol. The summed E-state index contributed by atoms with van der Waals surface area (Å²) in [5.74, 6) is -0.290. The molecule has 0 spiro atoms. The molecule has 2 amide bonds. The normalized spacial score (nSPS) is 10.8. The summed E-state index contributed by atoms with van der Waals surface area (Å²) in [5.41, 5.74) is 4.20. The first kappa shape index (κ1) is 25.3. The number of carbonyl (C=O) groups excluding carboxylic acids is 2. The zero-order chi connectivity index (χ0) is 26.4. The SMILES string of the molecule is CC(C)NC(=O)Cc1ccc(NC(=O)Cc2cn(-c3ccccc3)nc2-c2ccc([N+](=O)[O-])cc2)cc1. The number of nitro benzene ring substituents is 1. The fourth-order valence-corrected chi connectivity index (χ4v) is 3.88. The molecular formula is C28H27N5O4. The van der Waals surface area contributed by atoms with Crippen LogP contribution in [0.25, 0.3) is 16.9 Å². The number of non-ortho nitro benzene ring substituents is 1. The van der Waals surface area contributed by atoms with Gasteiger partial charge in [0.25, 0.3) is 5.69 Å². The minimum absolute atomic E-state index is 0.0179. The van der Waals surface area contributed by atoms with Crippen molar-refractivity contribution in [2.45, 2.75) is 32.7 Å². The van der Waals surface area contributed by atoms with Crippen LogP contribution in [0.3, 0.4) is 0 Å². The summed E-state index contributed by atoms with van der Waals surface area (Å²) in [6, 6.07) is 22.8. The van der Waals surface area contributed by atoms with Crippen LogP contribution in [0.5, 0.6) is 0 Å². The molecule has 0 radical (unpaired) electrons. The summed E-state index contributed by atoms with van der Waals surface area (Å²) in [4.78, 5) is 35.5. The number of hydrogen-bond donors (Lipinski definition) is 2. The van der Waals surface area contributed by atoms with Crippen LogP contribution in [0.15, 0.2) is 85.1 Å². The summed E-state index contributed by atoms with van der Waals surface area (Å²) < 4.78 is 1.69. The molecule has 0 saturated carbocycles. The van der Waals surface area contributed by atoms with Gasteiger partial charge in [-0.05, 0) is 55.8 Å². The zero-order valence-corrected chi connectivity index (χ0v) is 20.5. The number of hydrogen-bond acceptors (Lipinski definition) is 5. The molecule has 188 valence electrons. The average molecular weight is 498 g/mol. The van der Waals surface area contributed by atoms with Crippen LogP contribution in [0.4, 0.5) is 11.4 Å². The molecule has 9 heteroatoms. The van der Waals surface area contributed by atoms with Gasteiger partial charge in [-0.15, -0.1) is 0 Å². The summed E-state index contributed by atoms with van der Waals surface area (Å²) in [7, 11) is 0. The first-order valence-electron chi connectivity index (χ1n) is 11.9. The third kappa shape index (κ3) is 6.66. The Bertz CT molecular complexity index is 1400. The highest BCUT2D eigenvalue weighted by Crippen LogP contribution is 2.26. The van der Waals surface area contributed by atoms with Gasteiger partial charge in [0.05, 0.1) is 29.1 Å². The smallest absolute Gasteiger partial charge is 0.269 e. The van der Waals surface area contributed by atoms with Crippen LogP contribution in [-0.2, 0) is 22.4 Å². The van der Waals surface area contributed by atoms with Gasteiger partial charge in [0, 0.05) is 41.2 Å². The molecule has 2 N–H and O–H groups in total. The molecule has 0 aliphatic heterocycles. The Hall–Kier alpha value is -4.79. The highest BCUT2D eigenvalue weighted by atomic mass is 16.6. The maximum absolute atomic E-state index is 12.9. The molecule has 0 saturated heterocycles. The zero-order valence-electron chi connectivity index (χ0n) is 20.5. The molecule has 4 rings (SSSR count). The van der Waals surface area contributed by atoms with E-state index in [-0.39, 0.29) is 36.4 Å². The lowest BCUT2D eigenvalue weighted by Crippen LogP contribution is -2.31. The number of benzene rings is 3. The van der Waals surface area contributed by atoms with Crippen molar-refractivity contribution in [1.82, 2.24) is 15.1 Å². The number of carbonyl (C=O) groups is 2. The minimum atomic E-state index is -0.456. The van der Waals surface area contributed by atoms with E-state index in [1.807, 2.05) is 56.3 Å². The van der Waals surface area contributed by atoms with Gasteiger partial charge in [-0.1, -0.05) is 30.3 Å². The van der Waals surface area contributed by atoms with Crippen molar-refractivity contribution in [1.29, 1.82) is 0 Å². The number of anilines is 1. The second-order valence-electron chi connectivity index (χ2n) is 8.91. The van der Waals surface area contributed by atoms with E-state index in [9.17, 15) is 19.7 Å². The van der Waals surface area contributed by atoms with E-state index in [1.54, 1.807) is 35.1 Å². The van der Waals surface area contributed by atoms with Gasteiger partial charge >= 0.3 is 0 Å². The third-order valence-electron chi connectivity index (χ3n) is 5.57. The molecule has 0 aliphatic carbocycles. The first-order valence-corrected chi connectivity index (χ1v) is 11.9. The van der Waals surface area contributed by atoms with Crippen molar-refractivity contribution in [3.8, 4) is 16.9 Å². The van der Waals surface area contributed by atoms with E-state index < -0.39 is 4.92 Å². The summed E-state index contributed by atoms with van der Waals surface area (Å²) in [6.07, 6.45) is 2.11. The maximum atomic E-state index is 12.9. The van der Waals surface area contributed by atoms with Gasteiger partial charge in [0.2, 0.25) is 11.8 Å². The van der Waals surface area contributed by atoms with E-state index >= 15 is 0 Å². The highest BCUT2D eigenvalue weighted by molar-refractivity contribution is 5.93. The fraction of sp³-hybridized carbons (Fsp3) is 0.179. The molecule has 0 unspecified atom stereocenters. The summed E-state index contributed by atoms with van der Waals surface area (Å²) in [6.45, 7) is 3.82. The maximum Gasteiger partial charge on any atom is 0.269 e. The lowest BCUT2D eigenvalue weighted by Gasteiger charge is -2.09. The number of aromatic nitrogens is 2. The van der Waals surface area contributed by atoms with Crippen LogP contribution in [-0.4, -0.2) is 32.6 Å². The summed E-state index contributed by atoms with van der Waals surface area (Å²) >= 11 is 0. The number of nitro groups is 1. The summed E-state index contributed by atoms with van der Waals surface area (Å²) in [5, 5.41) is 21.5. The second kappa shape index (κ2) is 11.3. The van der Waals surface area contributed by atoms with Crippen molar-refractivity contribution < 1.29 is 14.5 Å². The number of amides is 2. The Labute approximate surface area is 214 Å². The van der Waals surface area contributed by atoms with Crippen LogP contribution in [0.2, 0.25) is 0 Å². The molecule has 0 aliphatic rings. The Morgan fingerprint density at radius 3 is 2.22 bits per heavy atom. The van der Waals surface area contributed by atoms with E-state index in [0.717, 1.165) is 11.3 Å². The van der Waals surface area contributed by atoms with Crippen LogP contribution in [0.1, 0.15) is 25.0 Å². The Morgan fingerprint density at radius 1 is 0.919 bits per heavy atom. The molecule has 37 heavy (non-hydrogen) atoms. The second-order valence-corrected chi connectivity index (χ2v) is 8.91. The fourth-order valence-electron chi connectivity index (χ4n) is 3.88. The van der Waals surface area contributed by atoms with E-state index in [1.165, 1.54) is 12.1 Å². The van der Waals surface area contributed by atoms with Crippen LogP contribution in [0, 0.1) is 10.1 Å². The van der Waals surface area contributed by atoms with Crippen molar-refractivity contribution in [2.75, 3.05) is 5.32 Å².